The molecule has 0 aliphatic heterocycles. The van der Waals surface area contributed by atoms with Gasteiger partial charge in [0.25, 0.3) is 0 Å². The number of alkyl halides is 1. The molecule has 1 rings (SSSR count). The van der Waals surface area contributed by atoms with Gasteiger partial charge in [0.2, 0.25) is 0 Å². The molecular formula is C11H11Br2ClO. The number of ketones is 1. The van der Waals surface area contributed by atoms with Crippen molar-refractivity contribution in [1.29, 1.82) is 0 Å². The summed E-state index contributed by atoms with van der Waals surface area (Å²) in [7, 11) is 0. The number of carbonyl (C=O) groups excluding carboxylic acids is 1. The Labute approximate surface area is 111 Å². The number of hydrogen-bond donors (Lipinski definition) is 0. The van der Waals surface area contributed by atoms with E-state index in [1.807, 2.05) is 25.1 Å². The Bertz CT molecular complexity index is 379. The molecule has 0 amide bonds. The highest BCUT2D eigenvalue weighted by atomic mass is 79.9. The molecule has 1 aromatic carbocycles. The fourth-order valence-corrected chi connectivity index (χ4v) is 2.06. The molecule has 2 atom stereocenters. The van der Waals surface area contributed by atoms with Crippen LogP contribution in [0, 0.1) is 0 Å². The van der Waals surface area contributed by atoms with Crippen molar-refractivity contribution in [3.8, 4) is 0 Å². The number of Topliss-reactive ketones (excluding diaryl/α,β-unsaturated/α-hetero) is 1. The van der Waals surface area contributed by atoms with E-state index >= 15 is 0 Å². The van der Waals surface area contributed by atoms with E-state index in [1.54, 1.807) is 6.92 Å². The number of rotatable bonds is 3. The molecule has 0 aromatic heterocycles. The zero-order valence-corrected chi connectivity index (χ0v) is 12.4. The van der Waals surface area contributed by atoms with Crippen molar-refractivity contribution >= 4 is 49.2 Å². The third-order valence-electron chi connectivity index (χ3n) is 2.30. The summed E-state index contributed by atoms with van der Waals surface area (Å²) in [6.07, 6.45) is 0. The lowest BCUT2D eigenvalue weighted by atomic mass is 9.96. The predicted octanol–water partition coefficient (Wildman–Crippen LogP) is 4.56. The van der Waals surface area contributed by atoms with Crippen molar-refractivity contribution in [3.63, 3.8) is 0 Å². The Morgan fingerprint density at radius 3 is 2.53 bits per heavy atom. The first-order valence-corrected chi connectivity index (χ1v) is 6.61. The predicted molar refractivity (Wildman–Crippen MR) is 71.0 cm³/mol. The van der Waals surface area contributed by atoms with Gasteiger partial charge >= 0.3 is 0 Å². The summed E-state index contributed by atoms with van der Waals surface area (Å²) in [5, 5.41) is 0.669. The van der Waals surface area contributed by atoms with Gasteiger partial charge < -0.3 is 0 Å². The Balaban J connectivity index is 2.96. The van der Waals surface area contributed by atoms with E-state index in [1.165, 1.54) is 0 Å². The minimum Gasteiger partial charge on any atom is -0.299 e. The fraction of sp³-hybridized carbons (Fsp3) is 0.364. The number of hydrogen-bond acceptors (Lipinski definition) is 1. The van der Waals surface area contributed by atoms with Crippen LogP contribution in [0.1, 0.15) is 25.3 Å². The van der Waals surface area contributed by atoms with Crippen molar-refractivity contribution in [2.45, 2.75) is 24.6 Å². The van der Waals surface area contributed by atoms with E-state index < -0.39 is 0 Å². The first-order chi connectivity index (χ1) is 6.93. The standard InChI is InChI=1S/C11H11Br2ClO/c1-6(11(13)7(2)15)8-3-4-9(12)10(14)5-8/h3-6,11H,1-2H3. The van der Waals surface area contributed by atoms with E-state index in [9.17, 15) is 4.79 Å². The molecule has 0 saturated carbocycles. The van der Waals surface area contributed by atoms with Crippen LogP contribution in [0.4, 0.5) is 0 Å². The molecule has 0 aliphatic rings. The average molecular weight is 354 g/mol. The first-order valence-electron chi connectivity index (χ1n) is 4.53. The van der Waals surface area contributed by atoms with Crippen LogP contribution >= 0.6 is 43.5 Å². The van der Waals surface area contributed by atoms with Crippen LogP contribution in [-0.2, 0) is 4.79 Å². The molecule has 1 aromatic rings. The summed E-state index contributed by atoms with van der Waals surface area (Å²) >= 11 is 12.7. The van der Waals surface area contributed by atoms with Crippen molar-refractivity contribution < 1.29 is 4.79 Å². The van der Waals surface area contributed by atoms with Crippen LogP contribution in [0.3, 0.4) is 0 Å². The van der Waals surface area contributed by atoms with Crippen molar-refractivity contribution in [3.05, 3.63) is 33.3 Å². The highest BCUT2D eigenvalue weighted by Gasteiger charge is 2.20. The molecule has 82 valence electrons. The van der Waals surface area contributed by atoms with Crippen LogP contribution in [-0.4, -0.2) is 10.6 Å². The maximum Gasteiger partial charge on any atom is 0.144 e. The monoisotopic (exact) mass is 352 g/mol. The molecule has 15 heavy (non-hydrogen) atoms. The van der Waals surface area contributed by atoms with Crippen LogP contribution in [0.15, 0.2) is 22.7 Å². The highest BCUT2D eigenvalue weighted by Crippen LogP contribution is 2.30. The summed E-state index contributed by atoms with van der Waals surface area (Å²) < 4.78 is 0.870. The summed E-state index contributed by atoms with van der Waals surface area (Å²) in [6.45, 7) is 3.58. The fourth-order valence-electron chi connectivity index (χ4n) is 1.32. The smallest absolute Gasteiger partial charge is 0.144 e. The van der Waals surface area contributed by atoms with Gasteiger partial charge in [0.15, 0.2) is 0 Å². The maximum atomic E-state index is 11.2. The van der Waals surface area contributed by atoms with Crippen molar-refractivity contribution in [2.75, 3.05) is 0 Å². The van der Waals surface area contributed by atoms with Gasteiger partial charge in [0, 0.05) is 10.4 Å². The largest absolute Gasteiger partial charge is 0.299 e. The first kappa shape index (κ1) is 13.2. The van der Waals surface area contributed by atoms with Crippen LogP contribution in [0.2, 0.25) is 5.02 Å². The SMILES string of the molecule is CC(=O)C(Br)C(C)c1ccc(Br)c(Cl)c1. The highest BCUT2D eigenvalue weighted by molar-refractivity contribution is 9.10. The second-order valence-corrected chi connectivity index (χ2v) is 5.72. The van der Waals surface area contributed by atoms with Gasteiger partial charge in [0.1, 0.15) is 5.78 Å². The van der Waals surface area contributed by atoms with E-state index in [-0.39, 0.29) is 16.5 Å². The summed E-state index contributed by atoms with van der Waals surface area (Å²) in [6, 6.07) is 5.75. The quantitative estimate of drug-likeness (QED) is 0.728. The molecule has 0 spiro atoms. The van der Waals surface area contributed by atoms with Crippen LogP contribution in [0.25, 0.3) is 0 Å². The third kappa shape index (κ3) is 3.30. The lowest BCUT2D eigenvalue weighted by Crippen LogP contribution is -2.17. The Morgan fingerprint density at radius 1 is 1.47 bits per heavy atom. The van der Waals surface area contributed by atoms with Crippen molar-refractivity contribution in [2.24, 2.45) is 0 Å². The number of benzene rings is 1. The maximum absolute atomic E-state index is 11.2. The van der Waals surface area contributed by atoms with E-state index in [2.05, 4.69) is 31.9 Å². The van der Waals surface area contributed by atoms with Gasteiger partial charge in [-0.15, -0.1) is 0 Å². The van der Waals surface area contributed by atoms with E-state index in [4.69, 9.17) is 11.6 Å². The van der Waals surface area contributed by atoms with Crippen LogP contribution < -0.4 is 0 Å². The molecule has 4 heteroatoms. The lowest BCUT2D eigenvalue weighted by Gasteiger charge is -2.16. The summed E-state index contributed by atoms with van der Waals surface area (Å²) in [5.41, 5.74) is 1.06. The minimum absolute atomic E-state index is 0.119. The molecule has 2 unspecified atom stereocenters. The molecule has 0 heterocycles. The molecule has 0 saturated heterocycles. The Hall–Kier alpha value is 0.140. The van der Waals surface area contributed by atoms with Gasteiger partial charge in [-0.1, -0.05) is 40.5 Å². The second kappa shape index (κ2) is 5.46. The molecular weight excluding hydrogens is 343 g/mol. The van der Waals surface area contributed by atoms with Gasteiger partial charge in [-0.3, -0.25) is 4.79 Å². The Kier molecular flexibility index (Phi) is 4.81. The van der Waals surface area contributed by atoms with Gasteiger partial charge in [-0.05, 0) is 40.5 Å². The molecule has 0 fully saturated rings. The lowest BCUT2D eigenvalue weighted by molar-refractivity contribution is -0.116. The van der Waals surface area contributed by atoms with Gasteiger partial charge in [0.05, 0.1) is 9.85 Å². The van der Waals surface area contributed by atoms with E-state index in [0.29, 0.717) is 5.02 Å². The second-order valence-electron chi connectivity index (χ2n) is 3.47. The topological polar surface area (TPSA) is 17.1 Å². The van der Waals surface area contributed by atoms with Crippen molar-refractivity contribution in [1.82, 2.24) is 0 Å². The van der Waals surface area contributed by atoms with Gasteiger partial charge in [-0.25, -0.2) is 0 Å². The number of carbonyl (C=O) groups is 1. The summed E-state index contributed by atoms with van der Waals surface area (Å²) in [4.78, 5) is 11.1. The average Bonchev–Trinajstić information content (AvgIpc) is 2.19. The third-order valence-corrected chi connectivity index (χ3v) is 4.97. The zero-order valence-electron chi connectivity index (χ0n) is 8.43. The van der Waals surface area contributed by atoms with E-state index in [0.717, 1.165) is 10.0 Å². The molecule has 0 aliphatic carbocycles. The molecule has 0 N–H and O–H groups in total. The van der Waals surface area contributed by atoms with Gasteiger partial charge in [-0.2, -0.15) is 0 Å². The zero-order chi connectivity index (χ0) is 11.6. The van der Waals surface area contributed by atoms with Crippen LogP contribution in [0.5, 0.6) is 0 Å². The molecule has 0 bridgehead atoms. The molecule has 1 nitrogen and oxygen atoms in total. The number of halogens is 3. The summed E-state index contributed by atoms with van der Waals surface area (Å²) in [5.74, 6) is 0.245. The Morgan fingerprint density at radius 2 is 2.07 bits per heavy atom. The molecule has 0 radical (unpaired) electrons. The normalized spacial score (nSPS) is 14.7. The minimum atomic E-state index is -0.158.